The summed E-state index contributed by atoms with van der Waals surface area (Å²) in [6.45, 7) is 0. The van der Waals surface area contributed by atoms with Gasteiger partial charge in [0.25, 0.3) is 0 Å². The number of hydrogen-bond donors (Lipinski definition) is 0. The Bertz CT molecular complexity index is 3470. The summed E-state index contributed by atoms with van der Waals surface area (Å²) >= 11 is 1.83. The number of hydrogen-bond acceptors (Lipinski definition) is 6. The molecule has 0 saturated carbocycles. The van der Waals surface area contributed by atoms with Crippen LogP contribution in [0.1, 0.15) is 0 Å². The lowest BCUT2D eigenvalue weighted by Gasteiger charge is -2.11. The van der Waals surface area contributed by atoms with Gasteiger partial charge in [0.1, 0.15) is 22.3 Å². The van der Waals surface area contributed by atoms with Gasteiger partial charge in [-0.1, -0.05) is 127 Å². The van der Waals surface area contributed by atoms with E-state index < -0.39 is 0 Å². The molecular formula is C51H29N3O2S. The number of thiophene rings is 1. The van der Waals surface area contributed by atoms with Crippen molar-refractivity contribution >= 4 is 75.4 Å². The topological polar surface area (TPSA) is 65.0 Å². The fourth-order valence-electron chi connectivity index (χ4n) is 8.32. The van der Waals surface area contributed by atoms with E-state index in [0.29, 0.717) is 17.5 Å². The van der Waals surface area contributed by atoms with E-state index in [4.69, 9.17) is 23.8 Å². The second-order valence-corrected chi connectivity index (χ2v) is 15.4. The molecule has 0 amide bonds. The molecule has 266 valence electrons. The third-order valence-electron chi connectivity index (χ3n) is 10.9. The average molecular weight is 748 g/mol. The van der Waals surface area contributed by atoms with Crippen molar-refractivity contribution in [1.82, 2.24) is 15.0 Å². The van der Waals surface area contributed by atoms with E-state index in [1.54, 1.807) is 0 Å². The lowest BCUT2D eigenvalue weighted by atomic mass is 9.92. The van der Waals surface area contributed by atoms with Gasteiger partial charge in [-0.2, -0.15) is 0 Å². The molecule has 8 aromatic carbocycles. The molecule has 0 aliphatic carbocycles. The van der Waals surface area contributed by atoms with Gasteiger partial charge in [0, 0.05) is 52.8 Å². The highest BCUT2D eigenvalue weighted by molar-refractivity contribution is 7.26. The Kier molecular flexibility index (Phi) is 7.03. The van der Waals surface area contributed by atoms with Gasteiger partial charge in [-0.15, -0.1) is 11.3 Å². The van der Waals surface area contributed by atoms with Crippen molar-refractivity contribution in [1.29, 1.82) is 0 Å². The fourth-order valence-corrected chi connectivity index (χ4v) is 9.50. The predicted octanol–water partition coefficient (Wildman–Crippen LogP) is 14.4. The molecule has 5 nitrogen and oxygen atoms in total. The summed E-state index contributed by atoms with van der Waals surface area (Å²) in [5, 5.41) is 6.78. The summed E-state index contributed by atoms with van der Waals surface area (Å²) in [6, 6.07) is 60.9. The third kappa shape index (κ3) is 5.12. The van der Waals surface area contributed by atoms with Crippen LogP contribution in [0.4, 0.5) is 0 Å². The summed E-state index contributed by atoms with van der Waals surface area (Å²) in [6.07, 6.45) is 0. The van der Waals surface area contributed by atoms with E-state index in [-0.39, 0.29) is 0 Å². The molecule has 0 radical (unpaired) electrons. The van der Waals surface area contributed by atoms with E-state index >= 15 is 0 Å². The van der Waals surface area contributed by atoms with Crippen molar-refractivity contribution in [2.24, 2.45) is 0 Å². The molecule has 0 bridgehead atoms. The van der Waals surface area contributed by atoms with Crippen LogP contribution in [0.2, 0.25) is 0 Å². The van der Waals surface area contributed by atoms with Gasteiger partial charge in [-0.05, 0) is 70.8 Å². The van der Waals surface area contributed by atoms with E-state index in [0.717, 1.165) is 82.8 Å². The summed E-state index contributed by atoms with van der Waals surface area (Å²) in [5.74, 6) is 1.79. The van der Waals surface area contributed by atoms with Crippen LogP contribution in [-0.2, 0) is 0 Å². The van der Waals surface area contributed by atoms with Gasteiger partial charge in [0.05, 0.1) is 5.56 Å². The quantitative estimate of drug-likeness (QED) is 0.175. The SMILES string of the molecule is c1ccc(-c2nc(-c3ccccc3)nc(-c3cccc4c3oc3cc(-c5cc(-c6cccc7oc8ccccc8c67)cc6sc7ccccc7c56)ccc34)n2)cc1. The van der Waals surface area contributed by atoms with E-state index in [2.05, 4.69) is 97.1 Å². The molecule has 0 saturated heterocycles. The van der Waals surface area contributed by atoms with Crippen molar-refractivity contribution in [2.75, 3.05) is 0 Å². The lowest BCUT2D eigenvalue weighted by Crippen LogP contribution is -2.00. The highest BCUT2D eigenvalue weighted by Gasteiger charge is 2.21. The van der Waals surface area contributed by atoms with Crippen molar-refractivity contribution < 1.29 is 8.83 Å². The highest BCUT2D eigenvalue weighted by atomic mass is 32.1. The van der Waals surface area contributed by atoms with Gasteiger partial charge >= 0.3 is 0 Å². The standard InChI is InChI=1S/C51H29N3O2S/c1-3-13-30(14-4-1)49-52-50(31-15-5-2-6-16-31)54-51(53-49)39-21-11-20-36-35-26-25-32(28-43(35)56-48(36)39)40-27-33(29-45-47(40)38-18-8-10-24-44(38)57-45)34-19-12-23-42-46(34)37-17-7-9-22-41(37)55-42/h1-29H. The zero-order chi connectivity index (χ0) is 37.5. The molecule has 57 heavy (non-hydrogen) atoms. The molecule has 0 aliphatic rings. The molecule has 0 N–H and O–H groups in total. The largest absolute Gasteiger partial charge is 0.456 e. The van der Waals surface area contributed by atoms with E-state index in [1.807, 2.05) is 90.2 Å². The average Bonchev–Trinajstić information content (AvgIpc) is 3.97. The van der Waals surface area contributed by atoms with Crippen molar-refractivity contribution in [3.63, 3.8) is 0 Å². The van der Waals surface area contributed by atoms with Crippen LogP contribution < -0.4 is 0 Å². The van der Waals surface area contributed by atoms with E-state index in [9.17, 15) is 0 Å². The Balaban J connectivity index is 1.07. The van der Waals surface area contributed by atoms with Crippen LogP contribution >= 0.6 is 11.3 Å². The molecular weight excluding hydrogens is 719 g/mol. The van der Waals surface area contributed by atoms with Gasteiger partial charge in [-0.25, -0.2) is 15.0 Å². The first-order valence-corrected chi connectivity index (χ1v) is 19.7. The van der Waals surface area contributed by atoms with Crippen LogP contribution in [0.3, 0.4) is 0 Å². The van der Waals surface area contributed by atoms with Crippen molar-refractivity contribution in [3.8, 4) is 56.4 Å². The number of aromatic nitrogens is 3. The zero-order valence-corrected chi connectivity index (χ0v) is 31.1. The number of nitrogens with zero attached hydrogens (tertiary/aromatic N) is 3. The van der Waals surface area contributed by atoms with Gasteiger partial charge in [0.15, 0.2) is 17.5 Å². The molecule has 0 spiro atoms. The Morgan fingerprint density at radius 1 is 0.333 bits per heavy atom. The molecule has 0 unspecified atom stereocenters. The summed E-state index contributed by atoms with van der Waals surface area (Å²) < 4.78 is 15.7. The first-order valence-electron chi connectivity index (χ1n) is 18.9. The van der Waals surface area contributed by atoms with Crippen LogP contribution in [0.25, 0.3) is 120 Å². The minimum atomic E-state index is 0.563. The van der Waals surface area contributed by atoms with Crippen LogP contribution in [0.15, 0.2) is 185 Å². The Morgan fingerprint density at radius 3 is 1.79 bits per heavy atom. The Labute approximate surface area is 330 Å². The maximum absolute atomic E-state index is 6.87. The molecule has 12 aromatic rings. The number of benzene rings is 8. The highest BCUT2D eigenvalue weighted by Crippen LogP contribution is 2.46. The van der Waals surface area contributed by atoms with Gasteiger partial charge in [0.2, 0.25) is 0 Å². The number of para-hydroxylation sites is 2. The minimum absolute atomic E-state index is 0.563. The number of rotatable bonds is 5. The third-order valence-corrected chi connectivity index (χ3v) is 12.1. The molecule has 0 aliphatic heterocycles. The second kappa shape index (κ2) is 12.6. The van der Waals surface area contributed by atoms with Crippen LogP contribution in [0.5, 0.6) is 0 Å². The minimum Gasteiger partial charge on any atom is -0.456 e. The molecule has 12 rings (SSSR count). The van der Waals surface area contributed by atoms with Crippen molar-refractivity contribution in [3.05, 3.63) is 176 Å². The van der Waals surface area contributed by atoms with Gasteiger partial charge in [-0.3, -0.25) is 0 Å². The number of furan rings is 2. The molecule has 4 aromatic heterocycles. The molecule has 0 atom stereocenters. The number of fused-ring (bicyclic) bond motifs is 9. The molecule has 0 fully saturated rings. The zero-order valence-electron chi connectivity index (χ0n) is 30.3. The summed E-state index contributed by atoms with van der Waals surface area (Å²) in [5.41, 5.74) is 10.5. The lowest BCUT2D eigenvalue weighted by molar-refractivity contribution is 0.669. The fraction of sp³-hybridized carbons (Fsp3) is 0. The smallest absolute Gasteiger partial charge is 0.167 e. The maximum atomic E-state index is 6.87. The molecule has 4 heterocycles. The van der Waals surface area contributed by atoms with Crippen LogP contribution in [0, 0.1) is 0 Å². The maximum Gasteiger partial charge on any atom is 0.167 e. The van der Waals surface area contributed by atoms with Crippen LogP contribution in [-0.4, -0.2) is 15.0 Å². The van der Waals surface area contributed by atoms with Crippen molar-refractivity contribution in [2.45, 2.75) is 0 Å². The molecule has 6 heteroatoms. The normalized spacial score (nSPS) is 11.9. The van der Waals surface area contributed by atoms with Gasteiger partial charge < -0.3 is 8.83 Å². The first-order chi connectivity index (χ1) is 28.2. The predicted molar refractivity (Wildman–Crippen MR) is 234 cm³/mol. The summed E-state index contributed by atoms with van der Waals surface area (Å²) in [7, 11) is 0. The second-order valence-electron chi connectivity index (χ2n) is 14.3. The summed E-state index contributed by atoms with van der Waals surface area (Å²) in [4.78, 5) is 15.0. The Morgan fingerprint density at radius 2 is 0.982 bits per heavy atom. The Hall–Kier alpha value is -7.41. The first kappa shape index (κ1) is 31.9. The van der Waals surface area contributed by atoms with E-state index in [1.165, 1.54) is 20.2 Å². The monoisotopic (exact) mass is 747 g/mol.